The van der Waals surface area contributed by atoms with Crippen LogP contribution in [-0.2, 0) is 14.3 Å². The molecule has 0 aromatic heterocycles. The smallest absolute Gasteiger partial charge is 0.340 e. The minimum Gasteiger partial charge on any atom is -0.465 e. The van der Waals surface area contributed by atoms with Crippen LogP contribution in [0.1, 0.15) is 38.2 Å². The number of esters is 1. The average molecular weight is 364 g/mol. The van der Waals surface area contributed by atoms with Crippen LogP contribution in [0, 0.1) is 5.82 Å². The second-order valence-electron chi connectivity index (χ2n) is 6.26. The number of carbonyl (C=O) groups is 2. The second-order valence-corrected chi connectivity index (χ2v) is 6.67. The maximum absolute atomic E-state index is 14.2. The van der Waals surface area contributed by atoms with E-state index in [4.69, 9.17) is 16.3 Å². The summed E-state index contributed by atoms with van der Waals surface area (Å²) in [6, 6.07) is 4.36. The van der Waals surface area contributed by atoms with Gasteiger partial charge in [0.05, 0.1) is 23.3 Å². The van der Waals surface area contributed by atoms with Crippen LogP contribution in [0.25, 0.3) is 6.08 Å². The number of ether oxygens (including phenoxy) is 1. The molecule has 1 fully saturated rings. The molecule has 1 aliphatic carbocycles. The Morgan fingerprint density at radius 2 is 2.04 bits per heavy atom. The van der Waals surface area contributed by atoms with Crippen molar-refractivity contribution in [3.05, 3.63) is 51.4 Å². The lowest BCUT2D eigenvalue weighted by Gasteiger charge is -2.25. The summed E-state index contributed by atoms with van der Waals surface area (Å²) >= 11 is 6.07. The predicted molar refractivity (Wildman–Crippen MR) is 93.2 cm³/mol. The molecule has 2 aliphatic rings. The number of hydrogen-bond donors (Lipinski definition) is 0. The third-order valence-electron chi connectivity index (χ3n) is 4.81. The Bertz CT molecular complexity index is 774. The molecule has 1 aromatic rings. The first-order chi connectivity index (χ1) is 12.0. The molecule has 6 heteroatoms. The van der Waals surface area contributed by atoms with Gasteiger partial charge in [0.1, 0.15) is 5.82 Å². The van der Waals surface area contributed by atoms with Crippen LogP contribution in [0.2, 0.25) is 5.02 Å². The molecule has 1 saturated carbocycles. The number of allylic oxidation sites excluding steroid dienone is 1. The van der Waals surface area contributed by atoms with Crippen LogP contribution in [0.15, 0.2) is 35.0 Å². The molecule has 1 aliphatic heterocycles. The van der Waals surface area contributed by atoms with Gasteiger partial charge in [-0.1, -0.05) is 30.5 Å². The fourth-order valence-corrected chi connectivity index (χ4v) is 3.81. The van der Waals surface area contributed by atoms with Gasteiger partial charge in [-0.3, -0.25) is 4.79 Å². The van der Waals surface area contributed by atoms with Gasteiger partial charge in [0, 0.05) is 17.3 Å². The molecule has 1 aromatic carbocycles. The van der Waals surface area contributed by atoms with E-state index in [1.807, 2.05) is 0 Å². The summed E-state index contributed by atoms with van der Waals surface area (Å²) in [6.45, 7) is 1.73. The second kappa shape index (κ2) is 7.00. The van der Waals surface area contributed by atoms with E-state index in [9.17, 15) is 14.0 Å². The third kappa shape index (κ3) is 3.09. The van der Waals surface area contributed by atoms with Crippen LogP contribution >= 0.6 is 11.6 Å². The average Bonchev–Trinajstić information content (AvgIpc) is 3.17. The molecular weight excluding hydrogens is 345 g/mol. The maximum Gasteiger partial charge on any atom is 0.340 e. The molecule has 0 N–H and O–H groups in total. The quantitative estimate of drug-likeness (QED) is 0.600. The Morgan fingerprint density at radius 3 is 2.64 bits per heavy atom. The summed E-state index contributed by atoms with van der Waals surface area (Å²) in [5, 5.41) is 0.182. The molecule has 0 atom stereocenters. The zero-order chi connectivity index (χ0) is 18.1. The minimum atomic E-state index is -0.606. The van der Waals surface area contributed by atoms with Crippen molar-refractivity contribution in [1.29, 1.82) is 0 Å². The van der Waals surface area contributed by atoms with Gasteiger partial charge in [-0.05, 0) is 38.0 Å². The molecule has 0 radical (unpaired) electrons. The van der Waals surface area contributed by atoms with E-state index in [2.05, 4.69) is 0 Å². The summed E-state index contributed by atoms with van der Waals surface area (Å²) in [7, 11) is 1.26. The summed E-state index contributed by atoms with van der Waals surface area (Å²) < 4.78 is 19.0. The van der Waals surface area contributed by atoms with Gasteiger partial charge in [0.15, 0.2) is 0 Å². The molecule has 0 spiro atoms. The van der Waals surface area contributed by atoms with E-state index in [-0.39, 0.29) is 33.7 Å². The van der Waals surface area contributed by atoms with Crippen LogP contribution in [0.5, 0.6) is 0 Å². The number of amides is 1. The van der Waals surface area contributed by atoms with Gasteiger partial charge in [0.25, 0.3) is 5.91 Å². The summed E-state index contributed by atoms with van der Waals surface area (Å²) in [6.07, 6.45) is 5.24. The number of methoxy groups -OCH3 is 1. The predicted octanol–water partition coefficient (Wildman–Crippen LogP) is 4.09. The normalized spacial score (nSPS) is 20.1. The first kappa shape index (κ1) is 17.7. The Hall–Kier alpha value is -2.14. The van der Waals surface area contributed by atoms with Crippen LogP contribution < -0.4 is 0 Å². The Balaban J connectivity index is 2.12. The topological polar surface area (TPSA) is 46.6 Å². The van der Waals surface area contributed by atoms with Crippen molar-refractivity contribution in [3.63, 3.8) is 0 Å². The number of hydrogen-bond acceptors (Lipinski definition) is 3. The molecule has 1 amide bonds. The van der Waals surface area contributed by atoms with Gasteiger partial charge in [0.2, 0.25) is 0 Å². The first-order valence-electron chi connectivity index (χ1n) is 8.24. The van der Waals surface area contributed by atoms with Crippen LogP contribution in [-0.4, -0.2) is 29.9 Å². The number of nitrogens with zero attached hydrogens (tertiary/aromatic N) is 1. The largest absolute Gasteiger partial charge is 0.465 e. The highest BCUT2D eigenvalue weighted by Crippen LogP contribution is 2.38. The van der Waals surface area contributed by atoms with E-state index >= 15 is 0 Å². The van der Waals surface area contributed by atoms with Crippen molar-refractivity contribution in [1.82, 2.24) is 4.90 Å². The lowest BCUT2D eigenvalue weighted by molar-refractivity contribution is -0.136. The number of halogens is 2. The first-order valence-corrected chi connectivity index (χ1v) is 8.62. The molecule has 3 rings (SSSR count). The standard InChI is InChI=1S/C19H19ClFNO3/c1-11-17(19(24)25-2)14(10-13-15(20)8-5-9-16(13)21)18(23)22(11)12-6-3-4-7-12/h5,8-10,12H,3-4,6-7H2,1-2H3. The Morgan fingerprint density at radius 1 is 1.36 bits per heavy atom. The van der Waals surface area contributed by atoms with Gasteiger partial charge < -0.3 is 9.64 Å². The SMILES string of the molecule is COC(=O)C1=C(C)N(C2CCCC2)C(=O)C1=Cc1c(F)cccc1Cl. The number of benzene rings is 1. The van der Waals surface area contributed by atoms with E-state index < -0.39 is 11.8 Å². The van der Waals surface area contributed by atoms with Crippen molar-refractivity contribution in [2.24, 2.45) is 0 Å². The van der Waals surface area contributed by atoms with Gasteiger partial charge >= 0.3 is 5.97 Å². The molecule has 1 heterocycles. The highest BCUT2D eigenvalue weighted by atomic mass is 35.5. The zero-order valence-electron chi connectivity index (χ0n) is 14.1. The van der Waals surface area contributed by atoms with Crippen LogP contribution in [0.4, 0.5) is 4.39 Å². The maximum atomic E-state index is 14.2. The van der Waals surface area contributed by atoms with E-state index in [1.54, 1.807) is 17.9 Å². The molecule has 0 saturated heterocycles. The zero-order valence-corrected chi connectivity index (χ0v) is 14.9. The third-order valence-corrected chi connectivity index (χ3v) is 5.14. The van der Waals surface area contributed by atoms with Crippen molar-refractivity contribution in [2.75, 3.05) is 7.11 Å². The number of carbonyl (C=O) groups excluding carboxylic acids is 2. The van der Waals surface area contributed by atoms with Crippen molar-refractivity contribution in [2.45, 2.75) is 38.6 Å². The van der Waals surface area contributed by atoms with E-state index in [0.717, 1.165) is 25.7 Å². The summed E-state index contributed by atoms with van der Waals surface area (Å²) in [5.74, 6) is -1.46. The molecule has 25 heavy (non-hydrogen) atoms. The lowest BCUT2D eigenvalue weighted by Crippen LogP contribution is -2.34. The van der Waals surface area contributed by atoms with Crippen LogP contribution in [0.3, 0.4) is 0 Å². The molecule has 4 nitrogen and oxygen atoms in total. The highest BCUT2D eigenvalue weighted by molar-refractivity contribution is 6.32. The highest BCUT2D eigenvalue weighted by Gasteiger charge is 2.41. The molecule has 132 valence electrons. The summed E-state index contributed by atoms with van der Waals surface area (Å²) in [4.78, 5) is 26.9. The monoisotopic (exact) mass is 363 g/mol. The molecule has 0 bridgehead atoms. The van der Waals surface area contributed by atoms with Gasteiger partial charge in [-0.2, -0.15) is 0 Å². The molecule has 0 unspecified atom stereocenters. The van der Waals surface area contributed by atoms with Crippen molar-refractivity contribution >= 4 is 29.6 Å². The molecular formula is C19H19ClFNO3. The van der Waals surface area contributed by atoms with E-state index in [0.29, 0.717) is 5.70 Å². The van der Waals surface area contributed by atoms with Crippen molar-refractivity contribution < 1.29 is 18.7 Å². The Labute approximate surface area is 150 Å². The van der Waals surface area contributed by atoms with Crippen molar-refractivity contribution in [3.8, 4) is 0 Å². The Kier molecular flexibility index (Phi) is 4.95. The fourth-order valence-electron chi connectivity index (χ4n) is 3.59. The minimum absolute atomic E-state index is 0.0640. The fraction of sp³-hybridized carbons (Fsp3) is 0.368. The van der Waals surface area contributed by atoms with Gasteiger partial charge in [-0.25, -0.2) is 9.18 Å². The van der Waals surface area contributed by atoms with Gasteiger partial charge in [-0.15, -0.1) is 0 Å². The van der Waals surface area contributed by atoms with E-state index in [1.165, 1.54) is 25.3 Å². The number of rotatable bonds is 3. The summed E-state index contributed by atoms with van der Waals surface area (Å²) in [5.41, 5.74) is 0.958. The lowest BCUT2D eigenvalue weighted by atomic mass is 10.0.